The maximum Gasteiger partial charge on any atom is 0.261 e. The van der Waals surface area contributed by atoms with E-state index in [1.54, 1.807) is 7.11 Å². The molecule has 0 fully saturated rings. The molecule has 0 amide bonds. The fourth-order valence-corrected chi connectivity index (χ4v) is 2.92. The van der Waals surface area contributed by atoms with Crippen molar-refractivity contribution in [3.05, 3.63) is 54.2 Å². The second-order valence-electron chi connectivity index (χ2n) is 6.31. The minimum Gasteiger partial charge on any atom is -0.485 e. The third kappa shape index (κ3) is 4.40. The molecule has 8 nitrogen and oxygen atoms in total. The molecular formula is C20H20FN5O3. The van der Waals surface area contributed by atoms with Crippen LogP contribution in [0.2, 0.25) is 0 Å². The maximum atomic E-state index is 13.2. The van der Waals surface area contributed by atoms with E-state index in [1.165, 1.54) is 0 Å². The Balaban J connectivity index is 1.71. The van der Waals surface area contributed by atoms with Gasteiger partial charge in [0, 0.05) is 12.7 Å². The maximum absolute atomic E-state index is 13.2. The topological polar surface area (TPSA) is 82.5 Å². The smallest absolute Gasteiger partial charge is 0.261 e. The third-order valence-electron chi connectivity index (χ3n) is 4.30. The fourth-order valence-electron chi connectivity index (χ4n) is 2.92. The second kappa shape index (κ2) is 8.78. The highest BCUT2D eigenvalue weighted by atomic mass is 19.1. The van der Waals surface area contributed by atoms with Crippen LogP contribution in [-0.2, 0) is 11.3 Å². The van der Waals surface area contributed by atoms with Gasteiger partial charge in [0.15, 0.2) is 11.6 Å². The van der Waals surface area contributed by atoms with Crippen molar-refractivity contribution < 1.29 is 18.6 Å². The van der Waals surface area contributed by atoms with E-state index >= 15 is 0 Å². The van der Waals surface area contributed by atoms with Gasteiger partial charge in [-0.25, -0.2) is 19.3 Å². The first-order valence-electron chi connectivity index (χ1n) is 9.18. The Morgan fingerprint density at radius 2 is 1.90 bits per heavy atom. The molecule has 3 heterocycles. The minimum atomic E-state index is -0.484. The van der Waals surface area contributed by atoms with Gasteiger partial charge in [-0.3, -0.25) is 0 Å². The fraction of sp³-hybridized carbons (Fsp3) is 0.300. The zero-order valence-corrected chi connectivity index (χ0v) is 15.9. The van der Waals surface area contributed by atoms with Crippen molar-refractivity contribution in [3.63, 3.8) is 0 Å². The van der Waals surface area contributed by atoms with Gasteiger partial charge < -0.3 is 19.1 Å². The largest absolute Gasteiger partial charge is 0.485 e. The summed E-state index contributed by atoms with van der Waals surface area (Å²) in [7, 11) is 1.61. The van der Waals surface area contributed by atoms with Crippen molar-refractivity contribution in [2.24, 2.45) is 0 Å². The Kier molecular flexibility index (Phi) is 5.76. The Bertz CT molecular complexity index is 956. The molecule has 0 aliphatic carbocycles. The number of hydrogen-bond donors (Lipinski definition) is 0. The van der Waals surface area contributed by atoms with Crippen molar-refractivity contribution >= 4 is 5.95 Å². The van der Waals surface area contributed by atoms with Gasteiger partial charge in [0.25, 0.3) is 5.88 Å². The van der Waals surface area contributed by atoms with Crippen LogP contribution < -0.4 is 14.4 Å². The number of rotatable bonds is 6. The van der Waals surface area contributed by atoms with Crippen LogP contribution in [0.25, 0.3) is 11.4 Å². The number of methoxy groups -OCH3 is 1. The lowest BCUT2D eigenvalue weighted by molar-refractivity contribution is 0.140. The van der Waals surface area contributed by atoms with E-state index < -0.39 is 5.82 Å². The Morgan fingerprint density at radius 3 is 2.66 bits per heavy atom. The molecule has 0 N–H and O–H groups in total. The Labute approximate surface area is 167 Å². The number of fused-ring (bicyclic) bond motifs is 1. The van der Waals surface area contributed by atoms with E-state index in [1.807, 2.05) is 35.2 Å². The molecule has 150 valence electrons. The highest BCUT2D eigenvalue weighted by Crippen LogP contribution is 2.34. The molecule has 9 heteroatoms. The van der Waals surface area contributed by atoms with E-state index in [4.69, 9.17) is 19.2 Å². The molecule has 4 rings (SSSR count). The Hall–Kier alpha value is -3.33. The third-order valence-corrected chi connectivity index (χ3v) is 4.30. The molecule has 0 saturated heterocycles. The van der Waals surface area contributed by atoms with Gasteiger partial charge >= 0.3 is 0 Å². The van der Waals surface area contributed by atoms with Gasteiger partial charge in [0.2, 0.25) is 11.7 Å². The summed E-state index contributed by atoms with van der Waals surface area (Å²) in [6, 6.07) is 9.63. The number of nitrogens with zero attached hydrogens (tertiary/aromatic N) is 5. The summed E-state index contributed by atoms with van der Waals surface area (Å²) in [4.78, 5) is 19.3. The number of ether oxygens (including phenoxy) is 3. The number of benzene rings is 1. The van der Waals surface area contributed by atoms with Crippen molar-refractivity contribution in [1.82, 2.24) is 19.9 Å². The summed E-state index contributed by atoms with van der Waals surface area (Å²) in [5, 5.41) is 0. The second-order valence-corrected chi connectivity index (χ2v) is 6.31. The molecule has 0 spiro atoms. The summed E-state index contributed by atoms with van der Waals surface area (Å²) < 4.78 is 30.0. The van der Waals surface area contributed by atoms with Gasteiger partial charge in [-0.15, -0.1) is 0 Å². The van der Waals surface area contributed by atoms with Crippen molar-refractivity contribution in [3.8, 4) is 23.0 Å². The van der Waals surface area contributed by atoms with Crippen molar-refractivity contribution in [2.45, 2.75) is 6.54 Å². The standard InChI is InChI=1S/C20H20FN5O3/c1-27-9-10-29-19-17-16(24-18(25-19)14-5-3-2-4-6-14)13-26(7-8-28-17)20-22-11-15(21)12-23-20/h2-6,11-12H,7-10,13H2,1H3. The van der Waals surface area contributed by atoms with E-state index in [-0.39, 0.29) is 0 Å². The molecule has 1 aromatic carbocycles. The van der Waals surface area contributed by atoms with Crippen LogP contribution in [0.4, 0.5) is 10.3 Å². The quantitative estimate of drug-likeness (QED) is 0.587. The molecule has 0 radical (unpaired) electrons. The van der Waals surface area contributed by atoms with Gasteiger partial charge in [-0.1, -0.05) is 30.3 Å². The summed E-state index contributed by atoms with van der Waals surface area (Å²) in [6.07, 6.45) is 2.29. The molecule has 1 aliphatic heterocycles. The average Bonchev–Trinajstić information content (AvgIpc) is 2.97. The van der Waals surface area contributed by atoms with Gasteiger partial charge in [-0.2, -0.15) is 4.98 Å². The predicted octanol–water partition coefficient (Wildman–Crippen LogP) is 2.50. The van der Waals surface area contributed by atoms with E-state index in [0.717, 1.165) is 18.0 Å². The molecule has 0 bridgehead atoms. The lowest BCUT2D eigenvalue weighted by Crippen LogP contribution is -2.27. The van der Waals surface area contributed by atoms with Crippen LogP contribution in [-0.4, -0.2) is 53.4 Å². The molecule has 0 atom stereocenters. The van der Waals surface area contributed by atoms with Gasteiger partial charge in [-0.05, 0) is 0 Å². The minimum absolute atomic E-state index is 0.336. The SMILES string of the molecule is COCCOc1nc(-c2ccccc2)nc2c1OCCN(c1ncc(F)cn1)C2. The highest BCUT2D eigenvalue weighted by Gasteiger charge is 2.25. The summed E-state index contributed by atoms with van der Waals surface area (Å²) >= 11 is 0. The van der Waals surface area contributed by atoms with Gasteiger partial charge in [0.05, 0.1) is 32.1 Å². The number of aromatic nitrogens is 4. The van der Waals surface area contributed by atoms with Crippen LogP contribution in [0.15, 0.2) is 42.7 Å². The average molecular weight is 397 g/mol. The van der Waals surface area contributed by atoms with Crippen LogP contribution in [0.5, 0.6) is 11.6 Å². The van der Waals surface area contributed by atoms with Crippen molar-refractivity contribution in [1.29, 1.82) is 0 Å². The first-order chi connectivity index (χ1) is 14.2. The number of anilines is 1. The molecular weight excluding hydrogens is 377 g/mol. The monoisotopic (exact) mass is 397 g/mol. The Morgan fingerprint density at radius 1 is 1.10 bits per heavy atom. The molecule has 0 saturated carbocycles. The highest BCUT2D eigenvalue weighted by molar-refractivity contribution is 5.58. The normalized spacial score (nSPS) is 13.4. The first kappa shape index (κ1) is 19.0. The van der Waals surface area contributed by atoms with E-state index in [2.05, 4.69) is 15.0 Å². The van der Waals surface area contributed by atoms with Crippen LogP contribution in [0.3, 0.4) is 0 Å². The lowest BCUT2D eigenvalue weighted by Gasteiger charge is -2.19. The predicted molar refractivity (Wildman–Crippen MR) is 103 cm³/mol. The summed E-state index contributed by atoms with van der Waals surface area (Å²) in [6.45, 7) is 2.02. The molecule has 0 unspecified atom stereocenters. The zero-order valence-electron chi connectivity index (χ0n) is 15.9. The van der Waals surface area contributed by atoms with E-state index in [9.17, 15) is 4.39 Å². The van der Waals surface area contributed by atoms with Crippen LogP contribution in [0, 0.1) is 5.82 Å². The number of halogens is 1. The summed E-state index contributed by atoms with van der Waals surface area (Å²) in [5.41, 5.74) is 1.51. The first-order valence-corrected chi connectivity index (χ1v) is 9.18. The summed E-state index contributed by atoms with van der Waals surface area (Å²) in [5.74, 6) is 1.31. The molecule has 3 aromatic rings. The number of hydrogen-bond acceptors (Lipinski definition) is 8. The lowest BCUT2D eigenvalue weighted by atomic mass is 10.2. The van der Waals surface area contributed by atoms with Gasteiger partial charge in [0.1, 0.15) is 18.9 Å². The zero-order chi connectivity index (χ0) is 20.1. The van der Waals surface area contributed by atoms with E-state index in [0.29, 0.717) is 62.0 Å². The van der Waals surface area contributed by atoms with Crippen molar-refractivity contribution in [2.75, 3.05) is 38.4 Å². The molecule has 2 aromatic heterocycles. The molecule has 1 aliphatic rings. The molecule has 29 heavy (non-hydrogen) atoms. The van der Waals surface area contributed by atoms with Crippen LogP contribution >= 0.6 is 0 Å². The van der Waals surface area contributed by atoms with Crippen LogP contribution in [0.1, 0.15) is 5.69 Å².